The number of hydrogen-bond donors (Lipinski definition) is 11. The zero-order chi connectivity index (χ0) is 51.4. The highest BCUT2D eigenvalue weighted by Gasteiger charge is 2.42. The summed E-state index contributed by atoms with van der Waals surface area (Å²) in [4.78, 5) is 128. The van der Waals surface area contributed by atoms with Crippen LogP contribution >= 0.6 is 0 Å². The van der Waals surface area contributed by atoms with Gasteiger partial charge in [0, 0.05) is 19.6 Å². The topological polar surface area (TPSA) is 369 Å². The molecule has 2 rings (SSSR count). The maximum absolute atomic E-state index is 14.4. The van der Waals surface area contributed by atoms with Gasteiger partial charge >= 0.3 is 5.97 Å². The quantitative estimate of drug-likeness (QED) is 0.0236. The van der Waals surface area contributed by atoms with Crippen LogP contribution in [-0.2, 0) is 43.2 Å². The number of carbonyl (C=O) groups excluding carboxylic acids is 8. The van der Waals surface area contributed by atoms with Gasteiger partial charge in [-0.25, -0.2) is 4.79 Å². The van der Waals surface area contributed by atoms with Crippen molar-refractivity contribution in [1.29, 1.82) is 0 Å². The van der Waals surface area contributed by atoms with Crippen LogP contribution < -0.4 is 54.8 Å². The first-order chi connectivity index (χ1) is 31.9. The van der Waals surface area contributed by atoms with Crippen molar-refractivity contribution in [3.8, 4) is 0 Å². The summed E-state index contributed by atoms with van der Waals surface area (Å²) in [5, 5.41) is 26.1. The van der Waals surface area contributed by atoms with Gasteiger partial charge in [-0.1, -0.05) is 41.5 Å². The third kappa shape index (κ3) is 18.8. The van der Waals surface area contributed by atoms with Crippen LogP contribution in [-0.4, -0.2) is 155 Å². The minimum absolute atomic E-state index is 0.0596. The van der Waals surface area contributed by atoms with Crippen molar-refractivity contribution in [2.45, 2.75) is 180 Å². The fraction of sp³-hybridized carbons (Fsp3) is 0.778. The van der Waals surface area contributed by atoms with Crippen molar-refractivity contribution in [3.05, 3.63) is 0 Å². The molecule has 2 fully saturated rings. The number of carboxylic acids is 1. The summed E-state index contributed by atoms with van der Waals surface area (Å²) in [6.07, 6.45) is 3.40. The lowest BCUT2D eigenvalue weighted by Crippen LogP contribution is -2.60. The van der Waals surface area contributed by atoms with Crippen LogP contribution in [0.25, 0.3) is 0 Å². The summed E-state index contributed by atoms with van der Waals surface area (Å²) < 4.78 is 0. The molecule has 68 heavy (non-hydrogen) atoms. The molecule has 2 saturated heterocycles. The average Bonchev–Trinajstić information content (AvgIpc) is 3.96. The molecule has 23 nitrogen and oxygen atoms in total. The summed E-state index contributed by atoms with van der Waals surface area (Å²) in [5.41, 5.74) is 22.4. The van der Waals surface area contributed by atoms with E-state index >= 15 is 0 Å². The Morgan fingerprint density at radius 1 is 0.603 bits per heavy atom. The van der Waals surface area contributed by atoms with E-state index < -0.39 is 114 Å². The molecule has 0 spiro atoms. The van der Waals surface area contributed by atoms with Crippen molar-refractivity contribution in [2.75, 3.05) is 26.2 Å². The number of carboxylic acid groups (broad SMARTS) is 1. The lowest BCUT2D eigenvalue weighted by Gasteiger charge is -2.32. The second kappa shape index (κ2) is 28.7. The van der Waals surface area contributed by atoms with Crippen molar-refractivity contribution in [2.24, 2.45) is 45.7 Å². The molecule has 23 heteroatoms. The molecular formula is C45H81N13O10. The lowest BCUT2D eigenvalue weighted by atomic mass is 9.98. The number of nitrogens with one attached hydrogen (secondary N) is 6. The molecule has 15 N–H and O–H groups in total. The fourth-order valence-electron chi connectivity index (χ4n) is 8.21. The first-order valence-corrected chi connectivity index (χ1v) is 24.1. The van der Waals surface area contributed by atoms with Gasteiger partial charge in [-0.05, 0) is 109 Å². The maximum Gasteiger partial charge on any atom is 0.326 e. The summed E-state index contributed by atoms with van der Waals surface area (Å²) >= 11 is 0. The number of amides is 8. The predicted octanol–water partition coefficient (Wildman–Crippen LogP) is -1.74. The highest BCUT2D eigenvalue weighted by atomic mass is 16.4. The van der Waals surface area contributed by atoms with E-state index in [0.717, 1.165) is 0 Å². The van der Waals surface area contributed by atoms with Crippen LogP contribution in [0.4, 0.5) is 0 Å². The highest BCUT2D eigenvalue weighted by molar-refractivity contribution is 5.98. The fourth-order valence-corrected chi connectivity index (χ4v) is 8.21. The smallest absolute Gasteiger partial charge is 0.326 e. The van der Waals surface area contributed by atoms with Gasteiger partial charge in [-0.15, -0.1) is 0 Å². The predicted molar refractivity (Wildman–Crippen MR) is 255 cm³/mol. The van der Waals surface area contributed by atoms with Gasteiger partial charge in [0.2, 0.25) is 47.3 Å². The van der Waals surface area contributed by atoms with Gasteiger partial charge in [0.1, 0.15) is 48.3 Å². The number of nitrogens with two attached hydrogens (primary N) is 4. The third-order valence-corrected chi connectivity index (χ3v) is 11.9. The summed E-state index contributed by atoms with van der Waals surface area (Å²) in [6.45, 7) is 14.6. The molecule has 386 valence electrons. The highest BCUT2D eigenvalue weighted by Crippen LogP contribution is 2.22. The number of hydrogen-bond acceptors (Lipinski definition) is 12. The molecule has 8 amide bonds. The molecule has 0 bridgehead atoms. The Morgan fingerprint density at radius 2 is 1.09 bits per heavy atom. The van der Waals surface area contributed by atoms with Crippen LogP contribution in [0, 0.1) is 17.8 Å². The van der Waals surface area contributed by atoms with Gasteiger partial charge in [0.15, 0.2) is 5.96 Å². The normalized spacial score (nSPS) is 19.0. The Balaban J connectivity index is 2.34. The van der Waals surface area contributed by atoms with Crippen LogP contribution in [0.1, 0.15) is 126 Å². The first-order valence-electron chi connectivity index (χ1n) is 24.1. The van der Waals surface area contributed by atoms with Gasteiger partial charge in [0.25, 0.3) is 0 Å². The van der Waals surface area contributed by atoms with Gasteiger partial charge in [-0.2, -0.15) is 0 Å². The van der Waals surface area contributed by atoms with Crippen LogP contribution in [0.15, 0.2) is 4.99 Å². The van der Waals surface area contributed by atoms with Gasteiger partial charge in [-0.3, -0.25) is 43.3 Å². The SMILES string of the molecule is CC(C)C[C@H](NC(=O)[C@H](C)NC(=O)[C@H](C)N)C(=O)N[C@@H](CCCN=C(N)N)C(=O)N1CCC[C@H]1C(=O)N[C@@H](CC(C)C)C(=O)N[C@H](C(=O)N[C@@H](CCCCN)C(=O)N1CCC[C@H]1C(=O)O)C(C)C. The molecule has 0 saturated carbocycles. The Labute approximate surface area is 400 Å². The molecule has 0 unspecified atom stereocenters. The van der Waals surface area contributed by atoms with E-state index in [1.54, 1.807) is 13.8 Å². The minimum Gasteiger partial charge on any atom is -0.480 e. The van der Waals surface area contributed by atoms with E-state index in [0.29, 0.717) is 38.6 Å². The van der Waals surface area contributed by atoms with E-state index in [-0.39, 0.29) is 76.0 Å². The van der Waals surface area contributed by atoms with Crippen molar-refractivity contribution in [1.82, 2.24) is 41.7 Å². The summed E-state index contributed by atoms with van der Waals surface area (Å²) in [5.74, 6) is -6.87. The Kier molecular flexibility index (Phi) is 24.7. The summed E-state index contributed by atoms with van der Waals surface area (Å²) in [7, 11) is 0. The van der Waals surface area contributed by atoms with Crippen molar-refractivity contribution < 1.29 is 48.3 Å². The summed E-state index contributed by atoms with van der Waals surface area (Å²) in [6, 6.07) is -9.59. The third-order valence-electron chi connectivity index (χ3n) is 11.9. The average molecular weight is 964 g/mol. The van der Waals surface area contributed by atoms with E-state index in [4.69, 9.17) is 22.9 Å². The number of unbranched alkanes of at least 4 members (excludes halogenated alkanes) is 1. The largest absolute Gasteiger partial charge is 0.480 e. The molecule has 0 radical (unpaired) electrons. The number of carbonyl (C=O) groups is 9. The second-order valence-corrected chi connectivity index (χ2v) is 19.2. The molecule has 9 atom stereocenters. The van der Waals surface area contributed by atoms with E-state index in [1.807, 2.05) is 27.7 Å². The van der Waals surface area contributed by atoms with E-state index in [9.17, 15) is 48.3 Å². The first kappa shape index (κ1) is 58.5. The maximum atomic E-state index is 14.4. The van der Waals surface area contributed by atoms with Crippen LogP contribution in [0.3, 0.4) is 0 Å². The molecule has 0 aliphatic carbocycles. The van der Waals surface area contributed by atoms with Gasteiger partial charge < -0.3 is 69.7 Å². The molecule has 0 aromatic heterocycles. The molecule has 0 aromatic rings. The van der Waals surface area contributed by atoms with Crippen LogP contribution in [0.2, 0.25) is 0 Å². The number of rotatable bonds is 28. The molecule has 2 aliphatic heterocycles. The lowest BCUT2D eigenvalue weighted by molar-refractivity contribution is -0.149. The zero-order valence-corrected chi connectivity index (χ0v) is 41.3. The zero-order valence-electron chi connectivity index (χ0n) is 41.3. The van der Waals surface area contributed by atoms with E-state index in [2.05, 4.69) is 36.9 Å². The van der Waals surface area contributed by atoms with Crippen molar-refractivity contribution in [3.63, 3.8) is 0 Å². The van der Waals surface area contributed by atoms with Gasteiger partial charge in [0.05, 0.1) is 6.04 Å². The standard InChI is InChI=1S/C45H81N13O10/c1-24(2)22-31(54-37(60)28(8)51-36(59)27(7)47)38(61)52-30(15-11-19-50-45(48)49)42(65)57-20-12-16-33(57)40(63)55-32(23-25(3)4)39(62)56-35(26(5)6)41(64)53-29(14-9-10-18-46)43(66)58-21-13-17-34(58)44(67)68/h24-35H,9-23,46-47H2,1-8H3,(H,51,59)(H,52,61)(H,53,64)(H,54,60)(H,55,63)(H,56,62)(H,67,68)(H4,48,49,50)/t27-,28-,29-,30-,31-,32-,33-,34-,35-/m0/s1. The Bertz CT molecular complexity index is 1770. The molecular weight excluding hydrogens is 883 g/mol. The molecule has 0 aromatic carbocycles. The molecule has 2 heterocycles. The van der Waals surface area contributed by atoms with Crippen LogP contribution in [0.5, 0.6) is 0 Å². The Morgan fingerprint density at radius 3 is 1.59 bits per heavy atom. The number of aliphatic carboxylic acids is 1. The monoisotopic (exact) mass is 964 g/mol. The molecule has 2 aliphatic rings. The number of guanidine groups is 1. The number of nitrogens with zero attached hydrogens (tertiary/aromatic N) is 3. The number of likely N-dealkylation sites (tertiary alicyclic amines) is 2. The number of aliphatic imine (C=N–C) groups is 1. The Hall–Kier alpha value is -5.58. The van der Waals surface area contributed by atoms with E-state index in [1.165, 1.54) is 23.6 Å². The second-order valence-electron chi connectivity index (χ2n) is 19.2. The van der Waals surface area contributed by atoms with Crippen molar-refractivity contribution >= 4 is 59.2 Å². The minimum atomic E-state index is -1.18.